The van der Waals surface area contributed by atoms with Crippen LogP contribution in [0.2, 0.25) is 0 Å². The summed E-state index contributed by atoms with van der Waals surface area (Å²) in [5.74, 6) is 3.25. The molecule has 0 aliphatic rings. The van der Waals surface area contributed by atoms with Crippen molar-refractivity contribution in [1.82, 2.24) is 14.8 Å². The van der Waals surface area contributed by atoms with Crippen molar-refractivity contribution in [1.29, 1.82) is 0 Å². The lowest BCUT2D eigenvalue weighted by Crippen LogP contribution is -1.99. The third-order valence-corrected chi connectivity index (χ3v) is 5.27. The molecule has 0 aliphatic carbocycles. The minimum Gasteiger partial charge on any atom is -0.497 e. The zero-order valence-electron chi connectivity index (χ0n) is 15.1. The fourth-order valence-electron chi connectivity index (χ4n) is 2.83. The van der Waals surface area contributed by atoms with E-state index in [1.807, 2.05) is 43.3 Å². The lowest BCUT2D eigenvalue weighted by Gasteiger charge is -2.10. The number of nitrogens with zero attached hydrogens (tertiary/aromatic N) is 3. The van der Waals surface area contributed by atoms with Crippen molar-refractivity contribution in [3.63, 3.8) is 0 Å². The number of furan rings is 1. The highest BCUT2D eigenvalue weighted by molar-refractivity contribution is 7.98. The van der Waals surface area contributed by atoms with E-state index in [-0.39, 0.29) is 0 Å². The van der Waals surface area contributed by atoms with E-state index in [0.29, 0.717) is 0 Å². The Balaban J connectivity index is 1.68. The zero-order chi connectivity index (χ0) is 18.6. The quantitative estimate of drug-likeness (QED) is 0.436. The van der Waals surface area contributed by atoms with E-state index < -0.39 is 0 Å². The van der Waals surface area contributed by atoms with Crippen molar-refractivity contribution in [2.75, 3.05) is 7.11 Å². The Morgan fingerprint density at radius 3 is 2.44 bits per heavy atom. The minimum absolute atomic E-state index is 0.782. The van der Waals surface area contributed by atoms with E-state index in [0.717, 1.165) is 39.5 Å². The molecular formula is C21H19N3O2S. The van der Waals surface area contributed by atoms with Crippen LogP contribution < -0.4 is 4.74 Å². The maximum absolute atomic E-state index is 5.47. The lowest BCUT2D eigenvalue weighted by molar-refractivity contribution is 0.414. The van der Waals surface area contributed by atoms with Gasteiger partial charge in [-0.05, 0) is 42.8 Å². The first-order chi connectivity index (χ1) is 13.3. The van der Waals surface area contributed by atoms with E-state index in [2.05, 4.69) is 39.0 Å². The molecule has 136 valence electrons. The number of aromatic nitrogens is 3. The molecule has 2 heterocycles. The standard InChI is InChI=1S/C21H19N3O2S/c1-15-19(12-13-26-15)20-22-23-21(24(20)17-6-4-3-5-7-17)27-14-16-8-10-18(25-2)11-9-16/h3-13H,14H2,1-2H3. The molecule has 27 heavy (non-hydrogen) atoms. The molecular weight excluding hydrogens is 358 g/mol. The van der Waals surface area contributed by atoms with Crippen LogP contribution in [0, 0.1) is 6.92 Å². The second-order valence-corrected chi connectivity index (χ2v) is 6.95. The summed E-state index contributed by atoms with van der Waals surface area (Å²) in [6.45, 7) is 1.93. The number of thioether (sulfide) groups is 1. The van der Waals surface area contributed by atoms with E-state index in [1.165, 1.54) is 5.56 Å². The number of aryl methyl sites for hydroxylation is 1. The van der Waals surface area contributed by atoms with Crippen molar-refractivity contribution in [2.45, 2.75) is 17.8 Å². The van der Waals surface area contributed by atoms with Gasteiger partial charge in [-0.3, -0.25) is 4.57 Å². The molecule has 0 radical (unpaired) electrons. The molecule has 2 aromatic carbocycles. The monoisotopic (exact) mass is 377 g/mol. The van der Waals surface area contributed by atoms with Crippen molar-refractivity contribution >= 4 is 11.8 Å². The van der Waals surface area contributed by atoms with Crippen LogP contribution in [0.3, 0.4) is 0 Å². The van der Waals surface area contributed by atoms with Gasteiger partial charge in [0.2, 0.25) is 0 Å². The minimum atomic E-state index is 0.782. The Morgan fingerprint density at radius 1 is 1.00 bits per heavy atom. The molecule has 0 spiro atoms. The number of methoxy groups -OCH3 is 1. The van der Waals surface area contributed by atoms with Crippen molar-refractivity contribution < 1.29 is 9.15 Å². The van der Waals surface area contributed by atoms with Crippen molar-refractivity contribution in [2.24, 2.45) is 0 Å². The van der Waals surface area contributed by atoms with E-state index in [4.69, 9.17) is 9.15 Å². The van der Waals surface area contributed by atoms with Crippen molar-refractivity contribution in [3.8, 4) is 22.8 Å². The van der Waals surface area contributed by atoms with Gasteiger partial charge < -0.3 is 9.15 Å². The van der Waals surface area contributed by atoms with Gasteiger partial charge in [0.05, 0.1) is 18.9 Å². The molecule has 0 fully saturated rings. The lowest BCUT2D eigenvalue weighted by atomic mass is 10.2. The van der Waals surface area contributed by atoms with E-state index >= 15 is 0 Å². The van der Waals surface area contributed by atoms with Gasteiger partial charge in [-0.25, -0.2) is 0 Å². The number of hydrogen-bond donors (Lipinski definition) is 0. The smallest absolute Gasteiger partial charge is 0.196 e. The predicted molar refractivity (Wildman–Crippen MR) is 106 cm³/mol. The summed E-state index contributed by atoms with van der Waals surface area (Å²) in [4.78, 5) is 0. The molecule has 0 N–H and O–H groups in total. The molecule has 0 amide bonds. The summed E-state index contributed by atoms with van der Waals surface area (Å²) in [5.41, 5.74) is 3.17. The maximum atomic E-state index is 5.47. The Hall–Kier alpha value is -2.99. The zero-order valence-corrected chi connectivity index (χ0v) is 15.9. The van der Waals surface area contributed by atoms with Crippen LogP contribution in [0.25, 0.3) is 17.1 Å². The predicted octanol–water partition coefficient (Wildman–Crippen LogP) is 5.14. The van der Waals surface area contributed by atoms with Gasteiger partial charge >= 0.3 is 0 Å². The van der Waals surface area contributed by atoms with E-state index in [1.54, 1.807) is 25.1 Å². The van der Waals surface area contributed by atoms with Gasteiger partial charge in [-0.2, -0.15) is 0 Å². The highest BCUT2D eigenvalue weighted by atomic mass is 32.2. The van der Waals surface area contributed by atoms with E-state index in [9.17, 15) is 0 Å². The summed E-state index contributed by atoms with van der Waals surface area (Å²) >= 11 is 1.65. The van der Waals surface area contributed by atoms with Crippen LogP contribution >= 0.6 is 11.8 Å². The molecule has 0 saturated carbocycles. The molecule has 0 bridgehead atoms. The first-order valence-electron chi connectivity index (χ1n) is 8.57. The molecule has 0 saturated heterocycles. The fourth-order valence-corrected chi connectivity index (χ4v) is 3.74. The van der Waals surface area contributed by atoms with Gasteiger partial charge in [-0.1, -0.05) is 42.1 Å². The molecule has 0 unspecified atom stereocenters. The maximum Gasteiger partial charge on any atom is 0.196 e. The number of benzene rings is 2. The van der Waals surface area contributed by atoms with Gasteiger partial charge in [0.15, 0.2) is 11.0 Å². The number of ether oxygens (including phenoxy) is 1. The molecule has 0 aliphatic heterocycles. The van der Waals surface area contributed by atoms with Gasteiger partial charge in [0.1, 0.15) is 11.5 Å². The largest absolute Gasteiger partial charge is 0.497 e. The first kappa shape index (κ1) is 17.4. The third kappa shape index (κ3) is 3.61. The van der Waals surface area contributed by atoms with Gasteiger partial charge in [0.25, 0.3) is 0 Å². The summed E-state index contributed by atoms with van der Waals surface area (Å²) in [6, 6.07) is 20.1. The van der Waals surface area contributed by atoms with Crippen LogP contribution in [0.1, 0.15) is 11.3 Å². The van der Waals surface area contributed by atoms with Crippen LogP contribution in [-0.2, 0) is 5.75 Å². The fraction of sp³-hybridized carbons (Fsp3) is 0.143. The topological polar surface area (TPSA) is 53.1 Å². The Labute approximate surface area is 162 Å². The summed E-state index contributed by atoms with van der Waals surface area (Å²) in [7, 11) is 1.67. The summed E-state index contributed by atoms with van der Waals surface area (Å²) in [5, 5.41) is 9.74. The van der Waals surface area contributed by atoms with Crippen LogP contribution in [-0.4, -0.2) is 21.9 Å². The highest BCUT2D eigenvalue weighted by Gasteiger charge is 2.18. The van der Waals surface area contributed by atoms with Crippen LogP contribution in [0.15, 0.2) is 76.5 Å². The van der Waals surface area contributed by atoms with Gasteiger partial charge in [-0.15, -0.1) is 10.2 Å². The SMILES string of the molecule is COc1ccc(CSc2nnc(-c3ccoc3C)n2-c2ccccc2)cc1. The second-order valence-electron chi connectivity index (χ2n) is 6.00. The average molecular weight is 377 g/mol. The molecule has 5 nitrogen and oxygen atoms in total. The second kappa shape index (κ2) is 7.72. The van der Waals surface area contributed by atoms with Crippen LogP contribution in [0.5, 0.6) is 5.75 Å². The molecule has 0 atom stereocenters. The molecule has 6 heteroatoms. The first-order valence-corrected chi connectivity index (χ1v) is 9.56. The molecule has 4 rings (SSSR count). The molecule has 4 aromatic rings. The number of para-hydroxylation sites is 1. The molecule has 2 aromatic heterocycles. The summed E-state index contributed by atoms with van der Waals surface area (Å²) in [6.07, 6.45) is 1.68. The van der Waals surface area contributed by atoms with Crippen molar-refractivity contribution in [3.05, 3.63) is 78.3 Å². The number of hydrogen-bond acceptors (Lipinski definition) is 5. The van der Waals surface area contributed by atoms with Gasteiger partial charge in [0, 0.05) is 11.4 Å². The Bertz CT molecular complexity index is 1020. The third-order valence-electron chi connectivity index (χ3n) is 4.27. The Kier molecular flexibility index (Phi) is 4.98. The Morgan fingerprint density at radius 2 is 1.78 bits per heavy atom. The van der Waals surface area contributed by atoms with Crippen LogP contribution in [0.4, 0.5) is 0 Å². The number of rotatable bonds is 6. The normalized spacial score (nSPS) is 10.9. The highest BCUT2D eigenvalue weighted by Crippen LogP contribution is 2.31. The summed E-state index contributed by atoms with van der Waals surface area (Å²) < 4.78 is 12.8. The average Bonchev–Trinajstić information content (AvgIpc) is 3.33.